The molecule has 1 aliphatic rings. The fraction of sp³-hybridized carbons (Fsp3) is 0.200. The normalized spacial score (nSPS) is 13.7. The third-order valence-corrected chi connectivity index (χ3v) is 4.25. The molecule has 2 N–H and O–H groups in total. The second-order valence-electron chi connectivity index (χ2n) is 6.05. The molecule has 2 amide bonds. The van der Waals surface area contributed by atoms with Crippen molar-refractivity contribution in [1.82, 2.24) is 5.32 Å². The van der Waals surface area contributed by atoms with Gasteiger partial charge >= 0.3 is 0 Å². The van der Waals surface area contributed by atoms with E-state index in [4.69, 9.17) is 0 Å². The van der Waals surface area contributed by atoms with Crippen LogP contribution in [0.15, 0.2) is 48.5 Å². The van der Waals surface area contributed by atoms with Gasteiger partial charge in [0, 0.05) is 24.2 Å². The number of nitrogens with one attached hydrogen (secondary N) is 2. The number of ketones is 1. The molecule has 0 aliphatic carbocycles. The van der Waals surface area contributed by atoms with Crippen LogP contribution in [0.5, 0.6) is 0 Å². The lowest BCUT2D eigenvalue weighted by Gasteiger charge is -2.17. The fourth-order valence-electron chi connectivity index (χ4n) is 2.83. The summed E-state index contributed by atoms with van der Waals surface area (Å²) in [7, 11) is 0. The molecule has 0 saturated carbocycles. The van der Waals surface area contributed by atoms with Crippen molar-refractivity contribution in [3.05, 3.63) is 65.2 Å². The Hall–Kier alpha value is -3.46. The van der Waals surface area contributed by atoms with Crippen LogP contribution in [0.2, 0.25) is 0 Å². The van der Waals surface area contributed by atoms with Crippen LogP contribution < -0.4 is 10.6 Å². The number of carbonyl (C=O) groups excluding carboxylic acids is 3. The molecular formula is C20H17N3O3. The fourth-order valence-corrected chi connectivity index (χ4v) is 2.83. The molecule has 1 atom stereocenters. The van der Waals surface area contributed by atoms with E-state index in [9.17, 15) is 19.6 Å². The molecule has 0 aromatic heterocycles. The molecule has 0 spiro atoms. The average Bonchev–Trinajstić information content (AvgIpc) is 2.67. The topological polar surface area (TPSA) is 99.1 Å². The van der Waals surface area contributed by atoms with Crippen molar-refractivity contribution in [3.8, 4) is 6.07 Å². The van der Waals surface area contributed by atoms with E-state index in [0.29, 0.717) is 24.1 Å². The van der Waals surface area contributed by atoms with E-state index in [1.165, 1.54) is 6.07 Å². The van der Waals surface area contributed by atoms with Gasteiger partial charge in [0.2, 0.25) is 11.8 Å². The summed E-state index contributed by atoms with van der Waals surface area (Å²) in [5.41, 5.74) is 2.67. The molecule has 0 unspecified atom stereocenters. The monoisotopic (exact) mass is 347 g/mol. The highest BCUT2D eigenvalue weighted by molar-refractivity contribution is 6.12. The highest BCUT2D eigenvalue weighted by Gasteiger charge is 2.28. The van der Waals surface area contributed by atoms with Crippen LogP contribution in [0.1, 0.15) is 27.9 Å². The number of aryl methyl sites for hydroxylation is 1. The average molecular weight is 347 g/mol. The molecule has 1 aliphatic heterocycles. The van der Waals surface area contributed by atoms with E-state index in [1.807, 2.05) is 30.3 Å². The Balaban J connectivity index is 1.71. The maximum atomic E-state index is 12.6. The number of amides is 2. The largest absolute Gasteiger partial charge is 0.350 e. The minimum Gasteiger partial charge on any atom is -0.350 e. The Morgan fingerprint density at radius 2 is 1.92 bits per heavy atom. The number of nitrogens with zero attached hydrogens (tertiary/aromatic N) is 1. The van der Waals surface area contributed by atoms with Crippen LogP contribution >= 0.6 is 0 Å². The van der Waals surface area contributed by atoms with Crippen LogP contribution in [0.25, 0.3) is 0 Å². The molecule has 0 bridgehead atoms. The second kappa shape index (κ2) is 7.62. The third-order valence-electron chi connectivity index (χ3n) is 4.25. The van der Waals surface area contributed by atoms with E-state index in [-0.39, 0.29) is 12.5 Å². The Labute approximate surface area is 150 Å². The Morgan fingerprint density at radius 3 is 2.65 bits per heavy atom. The first kappa shape index (κ1) is 17.4. The maximum Gasteiger partial charge on any atom is 0.245 e. The summed E-state index contributed by atoms with van der Waals surface area (Å²) in [6.07, 6.45) is 0.879. The predicted octanol–water partition coefficient (Wildman–Crippen LogP) is 2.21. The molecule has 2 aromatic carbocycles. The first-order valence-corrected chi connectivity index (χ1v) is 8.26. The smallest absolute Gasteiger partial charge is 0.245 e. The van der Waals surface area contributed by atoms with Gasteiger partial charge in [0.25, 0.3) is 0 Å². The second-order valence-corrected chi connectivity index (χ2v) is 6.05. The lowest BCUT2D eigenvalue weighted by molar-refractivity contribution is -0.122. The van der Waals surface area contributed by atoms with E-state index in [1.54, 1.807) is 18.2 Å². The molecule has 6 nitrogen and oxygen atoms in total. The molecule has 130 valence electrons. The van der Waals surface area contributed by atoms with Gasteiger partial charge in [-0.05, 0) is 35.7 Å². The summed E-state index contributed by atoms with van der Waals surface area (Å²) >= 11 is 0. The van der Waals surface area contributed by atoms with Crippen molar-refractivity contribution in [2.75, 3.05) is 5.32 Å². The molecule has 1 heterocycles. The Kier molecular flexibility index (Phi) is 5.09. The van der Waals surface area contributed by atoms with E-state index in [2.05, 4.69) is 10.6 Å². The molecule has 26 heavy (non-hydrogen) atoms. The number of fused-ring (bicyclic) bond motifs is 1. The van der Waals surface area contributed by atoms with Gasteiger partial charge in [-0.3, -0.25) is 14.4 Å². The summed E-state index contributed by atoms with van der Waals surface area (Å²) < 4.78 is 0. The molecule has 0 fully saturated rings. The zero-order valence-corrected chi connectivity index (χ0v) is 14.0. The third kappa shape index (κ3) is 3.78. The minimum absolute atomic E-state index is 0.0632. The van der Waals surface area contributed by atoms with E-state index in [0.717, 1.165) is 11.1 Å². The van der Waals surface area contributed by atoms with Crippen LogP contribution in [-0.2, 0) is 22.6 Å². The maximum absolute atomic E-state index is 12.6. The van der Waals surface area contributed by atoms with Crippen LogP contribution in [0.3, 0.4) is 0 Å². The quantitative estimate of drug-likeness (QED) is 0.640. The van der Waals surface area contributed by atoms with Gasteiger partial charge in [-0.2, -0.15) is 5.26 Å². The summed E-state index contributed by atoms with van der Waals surface area (Å²) in [5, 5.41) is 14.7. The first-order chi connectivity index (χ1) is 12.6. The highest BCUT2D eigenvalue weighted by atomic mass is 16.2. The number of nitriles is 1. The molecule has 0 saturated heterocycles. The van der Waals surface area contributed by atoms with Crippen molar-refractivity contribution in [2.45, 2.75) is 19.4 Å². The van der Waals surface area contributed by atoms with Gasteiger partial charge in [0.1, 0.15) is 0 Å². The molecule has 2 aromatic rings. The van der Waals surface area contributed by atoms with Crippen LogP contribution in [0.4, 0.5) is 5.69 Å². The number of benzene rings is 2. The SMILES string of the molecule is N#C[C@@H](C(=O)NCc1ccccc1)C(=O)c1ccc2c(c1)CCC(=O)N2. The standard InChI is InChI=1S/C20H17N3O3/c21-11-16(20(26)22-12-13-4-2-1-3-5-13)19(25)15-6-8-17-14(10-15)7-9-18(24)23-17/h1-6,8,10,16H,7,9,12H2,(H,22,26)(H,23,24)/t16-/m1/s1. The Morgan fingerprint density at radius 1 is 1.15 bits per heavy atom. The number of anilines is 1. The summed E-state index contributed by atoms with van der Waals surface area (Å²) in [4.78, 5) is 36.3. The van der Waals surface area contributed by atoms with Crippen molar-refractivity contribution >= 4 is 23.3 Å². The molecule has 3 rings (SSSR count). The number of hydrogen-bond acceptors (Lipinski definition) is 4. The van der Waals surface area contributed by atoms with Gasteiger partial charge in [-0.15, -0.1) is 0 Å². The van der Waals surface area contributed by atoms with Crippen molar-refractivity contribution in [1.29, 1.82) is 5.26 Å². The van der Waals surface area contributed by atoms with E-state index >= 15 is 0 Å². The molecule has 6 heteroatoms. The van der Waals surface area contributed by atoms with Gasteiger partial charge in [-0.1, -0.05) is 30.3 Å². The summed E-state index contributed by atoms with van der Waals surface area (Å²) in [6, 6.07) is 15.9. The molecule has 0 radical (unpaired) electrons. The minimum atomic E-state index is -1.41. The van der Waals surface area contributed by atoms with Crippen LogP contribution in [0, 0.1) is 17.2 Å². The van der Waals surface area contributed by atoms with Crippen molar-refractivity contribution in [2.24, 2.45) is 5.92 Å². The lowest BCUT2D eigenvalue weighted by atomic mass is 9.93. The first-order valence-electron chi connectivity index (χ1n) is 8.26. The predicted molar refractivity (Wildman–Crippen MR) is 95.1 cm³/mol. The number of rotatable bonds is 5. The van der Waals surface area contributed by atoms with Crippen LogP contribution in [-0.4, -0.2) is 17.6 Å². The number of carbonyl (C=O) groups is 3. The van der Waals surface area contributed by atoms with Gasteiger partial charge in [0.05, 0.1) is 6.07 Å². The summed E-state index contributed by atoms with van der Waals surface area (Å²) in [5.74, 6) is -2.63. The lowest BCUT2D eigenvalue weighted by Crippen LogP contribution is -2.34. The van der Waals surface area contributed by atoms with Gasteiger partial charge < -0.3 is 10.6 Å². The van der Waals surface area contributed by atoms with Crippen molar-refractivity contribution in [3.63, 3.8) is 0 Å². The van der Waals surface area contributed by atoms with Gasteiger partial charge in [0.15, 0.2) is 11.7 Å². The number of hydrogen-bond donors (Lipinski definition) is 2. The Bertz CT molecular complexity index is 900. The van der Waals surface area contributed by atoms with Crippen molar-refractivity contribution < 1.29 is 14.4 Å². The summed E-state index contributed by atoms with van der Waals surface area (Å²) in [6.45, 7) is 0.251. The highest BCUT2D eigenvalue weighted by Crippen LogP contribution is 2.24. The molecular weight excluding hydrogens is 330 g/mol. The zero-order valence-electron chi connectivity index (χ0n) is 14.0. The van der Waals surface area contributed by atoms with E-state index < -0.39 is 17.6 Å². The zero-order chi connectivity index (χ0) is 18.5. The number of Topliss-reactive ketones (excluding diaryl/α,β-unsaturated/α-hetero) is 1. The van der Waals surface area contributed by atoms with Gasteiger partial charge in [-0.25, -0.2) is 0 Å².